The number of unbranched alkanes of at least 4 members (excludes halogenated alkanes) is 2. The van der Waals surface area contributed by atoms with Gasteiger partial charge in [-0.15, -0.1) is 0 Å². The van der Waals surface area contributed by atoms with Crippen LogP contribution in [0.25, 0.3) is 11.2 Å². The molecule has 2 atom stereocenters. The summed E-state index contributed by atoms with van der Waals surface area (Å²) < 4.78 is 4.46. The minimum absolute atomic E-state index is 0.114. The van der Waals surface area contributed by atoms with E-state index in [0.717, 1.165) is 49.5 Å². The van der Waals surface area contributed by atoms with Gasteiger partial charge in [-0.05, 0) is 31.6 Å². The lowest BCUT2D eigenvalue weighted by atomic mass is 9.86. The second-order valence-corrected chi connectivity index (χ2v) is 8.58. The van der Waals surface area contributed by atoms with Crippen molar-refractivity contribution in [1.29, 1.82) is 0 Å². The number of aromatic nitrogens is 4. The molecule has 8 nitrogen and oxygen atoms in total. The Morgan fingerprint density at radius 1 is 1.10 bits per heavy atom. The van der Waals surface area contributed by atoms with Crippen LogP contribution in [0.5, 0.6) is 0 Å². The van der Waals surface area contributed by atoms with Crippen molar-refractivity contribution in [3.8, 4) is 0 Å². The number of hydrogen-bond acceptors (Lipinski definition) is 4. The van der Waals surface area contributed by atoms with Crippen molar-refractivity contribution in [3.05, 3.63) is 27.2 Å². The molecule has 166 valence electrons. The van der Waals surface area contributed by atoms with Gasteiger partial charge in [0.25, 0.3) is 5.56 Å². The Hall–Kier alpha value is -2.38. The third-order valence-corrected chi connectivity index (χ3v) is 6.23. The molecule has 0 unspecified atom stereocenters. The first-order chi connectivity index (χ1) is 14.5. The Morgan fingerprint density at radius 3 is 2.50 bits per heavy atom. The fourth-order valence-corrected chi connectivity index (χ4v) is 4.32. The first-order valence-electron chi connectivity index (χ1n) is 11.5. The summed E-state index contributed by atoms with van der Waals surface area (Å²) in [6.45, 7) is 7.19. The lowest BCUT2D eigenvalue weighted by molar-refractivity contribution is -0.123. The van der Waals surface area contributed by atoms with E-state index in [0.29, 0.717) is 30.2 Å². The normalized spacial score (nSPS) is 19.3. The Morgan fingerprint density at radius 2 is 1.80 bits per heavy atom. The van der Waals surface area contributed by atoms with E-state index in [-0.39, 0.29) is 18.5 Å². The van der Waals surface area contributed by atoms with Crippen LogP contribution in [0.1, 0.15) is 72.1 Å². The van der Waals surface area contributed by atoms with Crippen molar-refractivity contribution in [3.63, 3.8) is 0 Å². The number of nitrogens with zero attached hydrogens (tertiary/aromatic N) is 4. The molecule has 8 heteroatoms. The van der Waals surface area contributed by atoms with Crippen molar-refractivity contribution in [2.45, 2.75) is 97.8 Å². The van der Waals surface area contributed by atoms with E-state index in [9.17, 15) is 14.4 Å². The Balaban J connectivity index is 1.96. The van der Waals surface area contributed by atoms with Crippen LogP contribution in [-0.2, 0) is 24.4 Å². The molecule has 2 heterocycles. The van der Waals surface area contributed by atoms with E-state index in [1.165, 1.54) is 6.42 Å². The van der Waals surface area contributed by atoms with Gasteiger partial charge in [-0.25, -0.2) is 14.3 Å². The summed E-state index contributed by atoms with van der Waals surface area (Å²) in [5.41, 5.74) is -0.0400. The summed E-state index contributed by atoms with van der Waals surface area (Å²) in [7, 11) is 0. The van der Waals surface area contributed by atoms with Crippen LogP contribution in [0.4, 0.5) is 0 Å². The summed E-state index contributed by atoms with van der Waals surface area (Å²) in [6.07, 6.45) is 9.60. The maximum atomic E-state index is 13.2. The van der Waals surface area contributed by atoms with Gasteiger partial charge >= 0.3 is 5.69 Å². The Kier molecular flexibility index (Phi) is 7.50. The van der Waals surface area contributed by atoms with Gasteiger partial charge < -0.3 is 9.88 Å². The number of imidazole rings is 1. The van der Waals surface area contributed by atoms with Gasteiger partial charge in [0.05, 0.1) is 6.33 Å². The fourth-order valence-electron chi connectivity index (χ4n) is 4.32. The summed E-state index contributed by atoms with van der Waals surface area (Å²) >= 11 is 0. The molecule has 0 spiro atoms. The molecule has 2 aromatic rings. The molecular weight excluding hydrogens is 382 g/mol. The van der Waals surface area contributed by atoms with Crippen molar-refractivity contribution in [1.82, 2.24) is 24.0 Å². The molecule has 1 saturated carbocycles. The van der Waals surface area contributed by atoms with Crippen molar-refractivity contribution < 1.29 is 4.79 Å². The van der Waals surface area contributed by atoms with Crippen molar-refractivity contribution >= 4 is 17.1 Å². The lowest BCUT2D eigenvalue weighted by Gasteiger charge is -2.29. The third kappa shape index (κ3) is 4.68. The predicted molar refractivity (Wildman–Crippen MR) is 118 cm³/mol. The van der Waals surface area contributed by atoms with Gasteiger partial charge in [0, 0.05) is 19.1 Å². The zero-order chi connectivity index (χ0) is 21.7. The highest BCUT2D eigenvalue weighted by atomic mass is 16.2. The molecule has 1 N–H and O–H groups in total. The van der Waals surface area contributed by atoms with Crippen LogP contribution < -0.4 is 16.6 Å². The van der Waals surface area contributed by atoms with Crippen LogP contribution in [0.15, 0.2) is 15.9 Å². The van der Waals surface area contributed by atoms with Crippen LogP contribution in [0.3, 0.4) is 0 Å². The number of carbonyl (C=O) groups excluding carboxylic acids is 1. The molecule has 1 fully saturated rings. The van der Waals surface area contributed by atoms with Gasteiger partial charge in [-0.1, -0.05) is 46.5 Å². The van der Waals surface area contributed by atoms with E-state index in [2.05, 4.69) is 31.1 Å². The molecule has 1 aliphatic carbocycles. The Labute approximate surface area is 177 Å². The zero-order valence-electron chi connectivity index (χ0n) is 18.5. The highest BCUT2D eigenvalue weighted by Crippen LogP contribution is 2.23. The summed E-state index contributed by atoms with van der Waals surface area (Å²) in [6, 6.07) is 0.114. The molecule has 0 aliphatic heterocycles. The lowest BCUT2D eigenvalue weighted by Crippen LogP contribution is -2.47. The highest BCUT2D eigenvalue weighted by molar-refractivity contribution is 5.77. The Bertz CT molecular complexity index is 987. The van der Waals surface area contributed by atoms with Crippen LogP contribution >= 0.6 is 0 Å². The number of fused-ring (bicyclic) bond motifs is 1. The molecule has 2 aromatic heterocycles. The van der Waals surface area contributed by atoms with E-state index in [1.54, 1.807) is 10.9 Å². The largest absolute Gasteiger partial charge is 0.352 e. The highest BCUT2D eigenvalue weighted by Gasteiger charge is 2.24. The first kappa shape index (κ1) is 22.3. The average Bonchev–Trinajstić information content (AvgIpc) is 3.15. The van der Waals surface area contributed by atoms with Crippen molar-refractivity contribution in [2.24, 2.45) is 5.92 Å². The zero-order valence-corrected chi connectivity index (χ0v) is 18.5. The molecular formula is C22H35N5O3. The van der Waals surface area contributed by atoms with E-state index < -0.39 is 11.2 Å². The summed E-state index contributed by atoms with van der Waals surface area (Å²) in [5, 5.41) is 3.06. The molecule has 0 aromatic carbocycles. The maximum absolute atomic E-state index is 13.2. The van der Waals surface area contributed by atoms with Crippen LogP contribution in [0, 0.1) is 5.92 Å². The fraction of sp³-hybridized carbons (Fsp3) is 0.727. The molecule has 1 amide bonds. The molecule has 0 radical (unpaired) electrons. The van der Waals surface area contributed by atoms with E-state index >= 15 is 0 Å². The van der Waals surface area contributed by atoms with Gasteiger partial charge in [0.2, 0.25) is 5.91 Å². The molecule has 30 heavy (non-hydrogen) atoms. The third-order valence-electron chi connectivity index (χ3n) is 6.23. The summed E-state index contributed by atoms with van der Waals surface area (Å²) in [5.74, 6) is 0.146. The molecule has 1 aliphatic rings. The minimum atomic E-state index is -0.450. The van der Waals surface area contributed by atoms with Gasteiger partial charge in [0.15, 0.2) is 11.2 Å². The number of amides is 1. The minimum Gasteiger partial charge on any atom is -0.352 e. The predicted octanol–water partition coefficient (Wildman–Crippen LogP) is 2.65. The van der Waals surface area contributed by atoms with E-state index in [1.807, 2.05) is 4.57 Å². The van der Waals surface area contributed by atoms with E-state index in [4.69, 9.17) is 0 Å². The van der Waals surface area contributed by atoms with Crippen LogP contribution in [0.2, 0.25) is 0 Å². The smallest absolute Gasteiger partial charge is 0.333 e. The standard InChI is InChI=1S/C22H35N5O3/c1-4-6-12-25-15-23-20-19(25)21(29)27(22(30)26(20)13-7-5-2)14-18(28)24-17-11-9-8-10-16(17)3/h15-17H,4-14H2,1-3H3,(H,24,28)/t16-,17+/m1/s1. The van der Waals surface area contributed by atoms with Crippen LogP contribution in [-0.4, -0.2) is 30.6 Å². The number of aryl methyl sites for hydroxylation is 2. The van der Waals surface area contributed by atoms with Gasteiger partial charge in [-0.3, -0.25) is 14.2 Å². The number of rotatable bonds is 9. The average molecular weight is 418 g/mol. The summed E-state index contributed by atoms with van der Waals surface area (Å²) in [4.78, 5) is 43.5. The van der Waals surface area contributed by atoms with Crippen molar-refractivity contribution in [2.75, 3.05) is 0 Å². The monoisotopic (exact) mass is 417 g/mol. The second-order valence-electron chi connectivity index (χ2n) is 8.58. The van der Waals surface area contributed by atoms with Gasteiger partial charge in [-0.2, -0.15) is 0 Å². The second kappa shape index (κ2) is 10.1. The topological polar surface area (TPSA) is 90.9 Å². The maximum Gasteiger partial charge on any atom is 0.333 e. The number of carbonyl (C=O) groups is 1. The quantitative estimate of drug-likeness (QED) is 0.679. The van der Waals surface area contributed by atoms with Gasteiger partial charge in [0.1, 0.15) is 6.54 Å². The molecule has 0 saturated heterocycles. The number of nitrogens with one attached hydrogen (secondary N) is 1. The number of hydrogen-bond donors (Lipinski definition) is 1. The molecule has 3 rings (SSSR count). The molecule has 0 bridgehead atoms. The SMILES string of the molecule is CCCCn1cnc2c1c(=O)n(CC(=O)N[C@H]1CCCC[C@H]1C)c(=O)n2CCCC. The first-order valence-corrected chi connectivity index (χ1v) is 11.5.